The van der Waals surface area contributed by atoms with Crippen LogP contribution in [0.5, 0.6) is 0 Å². The molecule has 2 aliphatic heterocycles. The summed E-state index contributed by atoms with van der Waals surface area (Å²) in [6.07, 6.45) is 0.568. The molecule has 0 saturated carbocycles. The van der Waals surface area contributed by atoms with Gasteiger partial charge < -0.3 is 14.5 Å². The minimum absolute atomic E-state index is 0.0711. The normalized spacial score (nSPS) is 21.9. The van der Waals surface area contributed by atoms with Gasteiger partial charge in [-0.15, -0.1) is 0 Å². The van der Waals surface area contributed by atoms with E-state index in [2.05, 4.69) is 4.90 Å². The van der Waals surface area contributed by atoms with Crippen molar-refractivity contribution in [3.8, 4) is 0 Å². The van der Waals surface area contributed by atoms with Crippen LogP contribution in [0.15, 0.2) is 24.3 Å². The molecule has 2 aliphatic rings. The quantitative estimate of drug-likeness (QED) is 0.400. The van der Waals surface area contributed by atoms with E-state index in [9.17, 15) is 14.9 Å². The maximum absolute atomic E-state index is 12.4. The standard InChI is InChI=1S/C20H27N3O4S2/c1-13-5-7-14(8-6-13)17(12-23(25)26)29-19(28)22-11-15-9-16(22)10-21(15)18(24)27-20(2,3)4/h5-8,15-17H,9-12H2,1-4H3/t15-,16-,17?/m0/s1. The van der Waals surface area contributed by atoms with Crippen LogP contribution >= 0.6 is 24.0 Å². The Morgan fingerprint density at radius 3 is 2.38 bits per heavy atom. The largest absolute Gasteiger partial charge is 0.444 e. The lowest BCUT2D eigenvalue weighted by molar-refractivity contribution is -0.479. The topological polar surface area (TPSA) is 75.9 Å². The highest BCUT2D eigenvalue weighted by molar-refractivity contribution is 8.23. The summed E-state index contributed by atoms with van der Waals surface area (Å²) in [5.41, 5.74) is 1.49. The molecule has 7 nitrogen and oxygen atoms in total. The molecule has 2 bridgehead atoms. The number of thiocarbonyl (C=S) groups is 1. The van der Waals surface area contributed by atoms with Gasteiger partial charge in [0.1, 0.15) is 15.2 Å². The van der Waals surface area contributed by atoms with E-state index in [1.165, 1.54) is 11.8 Å². The second-order valence-corrected chi connectivity index (χ2v) is 10.5. The first kappa shape index (κ1) is 21.8. The second kappa shape index (κ2) is 8.47. The van der Waals surface area contributed by atoms with Crippen LogP contribution in [-0.4, -0.2) is 62.5 Å². The van der Waals surface area contributed by atoms with Crippen molar-refractivity contribution in [1.82, 2.24) is 9.80 Å². The van der Waals surface area contributed by atoms with Gasteiger partial charge in [-0.2, -0.15) is 0 Å². The Balaban J connectivity index is 1.63. The number of rotatable bonds is 4. The second-order valence-electron chi connectivity index (χ2n) is 8.63. The lowest BCUT2D eigenvalue weighted by atomic mass is 10.1. The Labute approximate surface area is 180 Å². The summed E-state index contributed by atoms with van der Waals surface area (Å²) in [6, 6.07) is 7.99. The van der Waals surface area contributed by atoms with Crippen molar-refractivity contribution in [2.75, 3.05) is 19.6 Å². The fraction of sp³-hybridized carbons (Fsp3) is 0.600. The van der Waals surface area contributed by atoms with E-state index in [-0.39, 0.29) is 34.9 Å². The van der Waals surface area contributed by atoms with Gasteiger partial charge in [0, 0.05) is 18.0 Å². The van der Waals surface area contributed by atoms with Crippen LogP contribution in [0.25, 0.3) is 0 Å². The third-order valence-electron chi connectivity index (χ3n) is 5.11. The van der Waals surface area contributed by atoms with Crippen LogP contribution in [0.1, 0.15) is 43.6 Å². The van der Waals surface area contributed by atoms with Crippen LogP contribution in [0.4, 0.5) is 4.79 Å². The summed E-state index contributed by atoms with van der Waals surface area (Å²) >= 11 is 7.03. The number of carbonyl (C=O) groups is 1. The number of nitrogens with zero attached hydrogens (tertiary/aromatic N) is 3. The maximum Gasteiger partial charge on any atom is 0.410 e. The highest BCUT2D eigenvalue weighted by atomic mass is 32.2. The van der Waals surface area contributed by atoms with Crippen LogP contribution in [0.2, 0.25) is 0 Å². The minimum Gasteiger partial charge on any atom is -0.444 e. The lowest BCUT2D eigenvalue weighted by Crippen LogP contribution is -2.51. The smallest absolute Gasteiger partial charge is 0.410 e. The fourth-order valence-corrected chi connectivity index (χ4v) is 5.42. The zero-order valence-corrected chi connectivity index (χ0v) is 18.8. The van der Waals surface area contributed by atoms with Gasteiger partial charge in [-0.25, -0.2) is 4.79 Å². The number of carbonyl (C=O) groups excluding carboxylic acids is 1. The number of aryl methyl sites for hydroxylation is 1. The first-order chi connectivity index (χ1) is 13.5. The third-order valence-corrected chi connectivity index (χ3v) is 6.78. The number of fused-ring (bicyclic) bond motifs is 2. The molecule has 0 aliphatic carbocycles. The highest BCUT2D eigenvalue weighted by Crippen LogP contribution is 2.38. The molecule has 0 aromatic heterocycles. The number of hydrogen-bond acceptors (Lipinski definition) is 6. The van der Waals surface area contributed by atoms with E-state index in [4.69, 9.17) is 17.0 Å². The molecule has 0 N–H and O–H groups in total. The van der Waals surface area contributed by atoms with Crippen LogP contribution < -0.4 is 0 Å². The predicted octanol–water partition coefficient (Wildman–Crippen LogP) is 4.02. The Morgan fingerprint density at radius 2 is 1.86 bits per heavy atom. The number of likely N-dealkylation sites (tertiary alicyclic amines) is 2. The Kier molecular flexibility index (Phi) is 6.38. The van der Waals surface area contributed by atoms with Crippen molar-refractivity contribution in [3.05, 3.63) is 45.5 Å². The van der Waals surface area contributed by atoms with Crippen LogP contribution in [0.3, 0.4) is 0 Å². The van der Waals surface area contributed by atoms with Crippen molar-refractivity contribution in [2.24, 2.45) is 0 Å². The van der Waals surface area contributed by atoms with Gasteiger partial charge in [0.25, 0.3) is 0 Å². The molecule has 1 amide bonds. The first-order valence-electron chi connectivity index (χ1n) is 9.69. The van der Waals surface area contributed by atoms with Crippen molar-refractivity contribution >= 4 is 34.4 Å². The number of thioether (sulfide) groups is 1. The molecule has 2 heterocycles. The van der Waals surface area contributed by atoms with Crippen molar-refractivity contribution in [3.63, 3.8) is 0 Å². The van der Waals surface area contributed by atoms with E-state index < -0.39 is 5.60 Å². The zero-order chi connectivity index (χ0) is 21.3. The Hall–Kier alpha value is -1.87. The molecular weight excluding hydrogens is 410 g/mol. The van der Waals surface area contributed by atoms with Crippen molar-refractivity contribution < 1.29 is 14.5 Å². The predicted molar refractivity (Wildman–Crippen MR) is 118 cm³/mol. The Bertz CT molecular complexity index is 794. The molecule has 3 atom stereocenters. The highest BCUT2D eigenvalue weighted by Gasteiger charge is 2.47. The van der Waals surface area contributed by atoms with Gasteiger partial charge in [0.2, 0.25) is 6.54 Å². The molecule has 1 aromatic rings. The zero-order valence-electron chi connectivity index (χ0n) is 17.2. The summed E-state index contributed by atoms with van der Waals surface area (Å²) in [5, 5.41) is 10.9. The summed E-state index contributed by atoms with van der Waals surface area (Å²) in [7, 11) is 0. The molecule has 1 aromatic carbocycles. The molecule has 0 radical (unpaired) electrons. The molecule has 158 valence electrons. The SMILES string of the molecule is Cc1ccc(C(C[N+](=O)[O-])SC(=S)N2C[C@@H]3C[C@H]2CN3C(=O)OC(C)(C)C)cc1. The maximum atomic E-state index is 12.4. The van der Waals surface area contributed by atoms with E-state index in [0.717, 1.165) is 17.5 Å². The van der Waals surface area contributed by atoms with Crippen LogP contribution in [0, 0.1) is 17.0 Å². The third kappa shape index (κ3) is 5.39. The summed E-state index contributed by atoms with van der Waals surface area (Å²) in [6.45, 7) is 8.61. The average molecular weight is 438 g/mol. The lowest BCUT2D eigenvalue weighted by Gasteiger charge is -2.36. The van der Waals surface area contributed by atoms with Gasteiger partial charge >= 0.3 is 6.09 Å². The molecule has 3 rings (SSSR count). The summed E-state index contributed by atoms with van der Waals surface area (Å²) in [5.74, 6) is 0. The van der Waals surface area contributed by atoms with E-state index in [0.29, 0.717) is 17.4 Å². The van der Waals surface area contributed by atoms with Gasteiger partial charge in [-0.3, -0.25) is 10.1 Å². The number of hydrogen-bond donors (Lipinski definition) is 0. The van der Waals surface area contributed by atoms with E-state index in [1.54, 1.807) is 4.90 Å². The summed E-state index contributed by atoms with van der Waals surface area (Å²) in [4.78, 5) is 27.2. The van der Waals surface area contributed by atoms with Crippen molar-refractivity contribution in [2.45, 2.75) is 57.1 Å². The number of amides is 1. The molecule has 1 unspecified atom stereocenters. The van der Waals surface area contributed by atoms with Gasteiger partial charge in [0.05, 0.1) is 12.1 Å². The van der Waals surface area contributed by atoms with Gasteiger partial charge in [-0.05, 0) is 39.7 Å². The van der Waals surface area contributed by atoms with Crippen LogP contribution in [-0.2, 0) is 4.74 Å². The van der Waals surface area contributed by atoms with Crippen molar-refractivity contribution in [1.29, 1.82) is 0 Å². The molecule has 29 heavy (non-hydrogen) atoms. The number of piperazine rings is 1. The molecular formula is C20H27N3O4S2. The molecule has 2 saturated heterocycles. The van der Waals surface area contributed by atoms with E-state index >= 15 is 0 Å². The van der Waals surface area contributed by atoms with E-state index in [1.807, 2.05) is 52.0 Å². The number of benzene rings is 1. The fourth-order valence-electron chi connectivity index (χ4n) is 3.75. The molecule has 0 spiro atoms. The van der Waals surface area contributed by atoms with Gasteiger partial charge in [-0.1, -0.05) is 53.8 Å². The average Bonchev–Trinajstić information content (AvgIpc) is 3.20. The minimum atomic E-state index is -0.520. The Morgan fingerprint density at radius 1 is 1.28 bits per heavy atom. The summed E-state index contributed by atoms with van der Waals surface area (Å²) < 4.78 is 6.16. The monoisotopic (exact) mass is 437 g/mol. The van der Waals surface area contributed by atoms with Gasteiger partial charge in [0.15, 0.2) is 0 Å². The number of ether oxygens (including phenoxy) is 1. The molecule has 9 heteroatoms. The molecule has 2 fully saturated rings. The first-order valence-corrected chi connectivity index (χ1v) is 11.0. The number of nitro groups is 1.